The predicted molar refractivity (Wildman–Crippen MR) is 220 cm³/mol. The third-order valence-electron chi connectivity index (χ3n) is 10.3. The molecular formula is C48H50N4O4. The fourth-order valence-corrected chi connectivity index (χ4v) is 7.15. The lowest BCUT2D eigenvalue weighted by Crippen LogP contribution is -2.46. The van der Waals surface area contributed by atoms with E-state index in [9.17, 15) is 19.2 Å². The minimum Gasteiger partial charge on any atom is -0.341 e. The van der Waals surface area contributed by atoms with Crippen LogP contribution in [0.2, 0.25) is 0 Å². The normalized spacial score (nSPS) is 14.7. The first-order valence-corrected chi connectivity index (χ1v) is 19.7. The number of hydrogen-bond donors (Lipinski definition) is 0. The van der Waals surface area contributed by atoms with Gasteiger partial charge in [-0.05, 0) is 131 Å². The molecule has 0 bridgehead atoms. The molecule has 4 aromatic rings. The van der Waals surface area contributed by atoms with E-state index < -0.39 is 0 Å². The lowest BCUT2D eigenvalue weighted by Gasteiger charge is -2.32. The van der Waals surface area contributed by atoms with Crippen molar-refractivity contribution in [2.24, 2.45) is 0 Å². The fourth-order valence-electron chi connectivity index (χ4n) is 7.15. The van der Waals surface area contributed by atoms with Gasteiger partial charge in [0.1, 0.15) is 6.54 Å². The molecule has 8 heteroatoms. The Morgan fingerprint density at radius 1 is 0.589 bits per heavy atom. The largest absolute Gasteiger partial charge is 0.341 e. The van der Waals surface area contributed by atoms with Gasteiger partial charge in [-0.2, -0.15) is 0 Å². The maximum atomic E-state index is 12.8. The fraction of sp³-hybridized carbons (Fsp3) is 0.333. The van der Waals surface area contributed by atoms with Crippen molar-refractivity contribution in [2.45, 2.75) is 44.9 Å². The smallest absolute Gasteiger partial charge is 0.254 e. The molecule has 3 amide bonds. The molecule has 1 fully saturated rings. The van der Waals surface area contributed by atoms with Crippen LogP contribution in [-0.2, 0) is 22.4 Å². The molecule has 0 aromatic heterocycles. The number of hydrogen-bond acceptors (Lipinski definition) is 5. The van der Waals surface area contributed by atoms with Gasteiger partial charge in [-0.1, -0.05) is 60.1 Å². The number of ketones is 1. The molecule has 0 atom stereocenters. The van der Waals surface area contributed by atoms with Crippen LogP contribution in [0.25, 0.3) is 0 Å². The van der Waals surface area contributed by atoms with Crippen LogP contribution in [0, 0.1) is 23.7 Å². The monoisotopic (exact) mass is 746 g/mol. The van der Waals surface area contributed by atoms with E-state index >= 15 is 0 Å². The quantitative estimate of drug-likeness (QED) is 0.204. The Kier molecular flexibility index (Phi) is 13.9. The predicted octanol–water partition coefficient (Wildman–Crippen LogP) is 6.09. The molecule has 3 aliphatic heterocycles. The van der Waals surface area contributed by atoms with Crippen molar-refractivity contribution in [3.63, 3.8) is 0 Å². The van der Waals surface area contributed by atoms with Crippen LogP contribution in [0.4, 0.5) is 0 Å². The number of fused-ring (bicyclic) bond motifs is 2. The summed E-state index contributed by atoms with van der Waals surface area (Å²) in [5.41, 5.74) is 7.18. The molecule has 286 valence electrons. The Labute approximate surface area is 331 Å². The van der Waals surface area contributed by atoms with Crippen molar-refractivity contribution in [3.8, 4) is 23.7 Å². The maximum Gasteiger partial charge on any atom is 0.254 e. The van der Waals surface area contributed by atoms with Gasteiger partial charge in [0.2, 0.25) is 5.91 Å². The number of carbonyl (C=O) groups is 4. The summed E-state index contributed by atoms with van der Waals surface area (Å²) in [6, 6.07) is 31.2. The van der Waals surface area contributed by atoms with Gasteiger partial charge in [0.25, 0.3) is 11.8 Å². The van der Waals surface area contributed by atoms with Crippen molar-refractivity contribution < 1.29 is 19.2 Å². The molecule has 0 aliphatic carbocycles. The van der Waals surface area contributed by atoms with E-state index in [2.05, 4.69) is 28.6 Å². The number of Topliss-reactive ketones (excluding diaryl/α,β-unsaturated/α-hetero) is 1. The minimum atomic E-state index is -0.0511. The number of nitrogens with zero attached hydrogens (tertiary/aromatic N) is 4. The van der Waals surface area contributed by atoms with Gasteiger partial charge < -0.3 is 19.6 Å². The maximum absolute atomic E-state index is 12.8. The van der Waals surface area contributed by atoms with Gasteiger partial charge in [0.05, 0.1) is 6.54 Å². The molecule has 3 aliphatic rings. The van der Waals surface area contributed by atoms with Crippen LogP contribution in [-0.4, -0.2) is 103 Å². The Morgan fingerprint density at radius 2 is 1.07 bits per heavy atom. The van der Waals surface area contributed by atoms with Crippen molar-refractivity contribution in [3.05, 3.63) is 142 Å². The molecule has 8 nitrogen and oxygen atoms in total. The highest BCUT2D eigenvalue weighted by atomic mass is 16.2. The summed E-state index contributed by atoms with van der Waals surface area (Å²) in [7, 11) is 3.99. The van der Waals surface area contributed by atoms with E-state index in [0.29, 0.717) is 30.6 Å². The molecule has 4 aromatic carbocycles. The van der Waals surface area contributed by atoms with Gasteiger partial charge in [0.15, 0.2) is 5.78 Å². The molecule has 56 heavy (non-hydrogen) atoms. The topological polar surface area (TPSA) is 81.2 Å². The molecule has 0 unspecified atom stereocenters. The Bertz CT molecular complexity index is 2150. The zero-order valence-corrected chi connectivity index (χ0v) is 32.6. The number of rotatable bonds is 8. The van der Waals surface area contributed by atoms with Gasteiger partial charge in [-0.3, -0.25) is 19.2 Å². The summed E-state index contributed by atoms with van der Waals surface area (Å²) >= 11 is 0. The van der Waals surface area contributed by atoms with Crippen LogP contribution < -0.4 is 0 Å². The number of benzene rings is 4. The molecule has 0 saturated carbocycles. The molecule has 0 radical (unpaired) electrons. The zero-order chi connectivity index (χ0) is 39.3. The van der Waals surface area contributed by atoms with Gasteiger partial charge in [0, 0.05) is 66.0 Å². The second-order valence-corrected chi connectivity index (χ2v) is 14.8. The molecule has 1 saturated heterocycles. The van der Waals surface area contributed by atoms with E-state index in [1.807, 2.05) is 116 Å². The Morgan fingerprint density at radius 3 is 1.57 bits per heavy atom. The van der Waals surface area contributed by atoms with Crippen LogP contribution in [0.1, 0.15) is 86.2 Å². The van der Waals surface area contributed by atoms with Crippen LogP contribution in [0.5, 0.6) is 0 Å². The summed E-state index contributed by atoms with van der Waals surface area (Å²) in [6.07, 6.45) is 6.18. The highest BCUT2D eigenvalue weighted by Gasteiger charge is 2.28. The van der Waals surface area contributed by atoms with Crippen molar-refractivity contribution >= 4 is 23.5 Å². The second-order valence-electron chi connectivity index (χ2n) is 14.8. The first-order valence-electron chi connectivity index (χ1n) is 19.7. The standard InChI is InChI=1S/C24H24N2O2.C24H26N2O2/c27-23(25-14-5-2-6-15-25)18-26-16-13-21-17-20(11-12-22(21)24(26)28)10-9-19-7-3-1-4-8-19;1-25(2)15-6-9-22(27)18-26-16-14-21-17-20(12-13-23(21)24(26)28)11-10-19-7-4-3-5-8-19/h1,3-4,7-8,11-12,17H,2,5-6,13-16,18H2;3-5,7-8,12-13,17H,6,9,14-16,18H2,1-2H3. The summed E-state index contributed by atoms with van der Waals surface area (Å²) < 4.78 is 0. The SMILES string of the molecule is CN(C)CCCC(=O)CN1CCc2cc(C#Cc3ccccc3)ccc2C1=O.O=C(CN1CCc2cc(C#Cc3ccccc3)ccc2C1=O)N1CCCCC1. The molecule has 0 N–H and O–H groups in total. The summed E-state index contributed by atoms with van der Waals surface area (Å²) in [5.74, 6) is 12.7. The third-order valence-corrected chi connectivity index (χ3v) is 10.3. The highest BCUT2D eigenvalue weighted by molar-refractivity contribution is 5.99. The zero-order valence-electron chi connectivity index (χ0n) is 32.6. The van der Waals surface area contributed by atoms with E-state index in [1.165, 1.54) is 6.42 Å². The Balaban J connectivity index is 0.000000190. The number of amides is 3. The summed E-state index contributed by atoms with van der Waals surface area (Å²) in [4.78, 5) is 57.6. The first kappa shape index (κ1) is 39.7. The number of piperidine rings is 1. The molecule has 7 rings (SSSR count). The Hall–Kier alpha value is -5.96. The summed E-state index contributed by atoms with van der Waals surface area (Å²) in [6.45, 7) is 4.09. The molecule has 0 spiro atoms. The lowest BCUT2D eigenvalue weighted by atomic mass is 9.96. The summed E-state index contributed by atoms with van der Waals surface area (Å²) in [5, 5.41) is 0. The first-order chi connectivity index (χ1) is 27.2. The van der Waals surface area contributed by atoms with Crippen LogP contribution >= 0.6 is 0 Å². The lowest BCUT2D eigenvalue weighted by molar-refractivity contribution is -0.132. The van der Waals surface area contributed by atoms with Gasteiger partial charge in [-0.25, -0.2) is 0 Å². The average molecular weight is 747 g/mol. The van der Waals surface area contributed by atoms with Crippen molar-refractivity contribution in [1.82, 2.24) is 19.6 Å². The minimum absolute atomic E-state index is 0.0471. The third kappa shape index (κ3) is 11.1. The molecular weight excluding hydrogens is 697 g/mol. The number of carbonyl (C=O) groups excluding carboxylic acids is 4. The second kappa shape index (κ2) is 19.6. The van der Waals surface area contributed by atoms with Crippen LogP contribution in [0.15, 0.2) is 97.1 Å². The average Bonchev–Trinajstić information content (AvgIpc) is 3.22. The van der Waals surface area contributed by atoms with E-state index in [0.717, 1.165) is 85.1 Å². The molecule has 3 heterocycles. The van der Waals surface area contributed by atoms with E-state index in [1.54, 1.807) is 9.80 Å². The van der Waals surface area contributed by atoms with Gasteiger partial charge >= 0.3 is 0 Å². The van der Waals surface area contributed by atoms with E-state index in [-0.39, 0.29) is 36.6 Å². The number of likely N-dealkylation sites (tertiary alicyclic amines) is 1. The van der Waals surface area contributed by atoms with Crippen molar-refractivity contribution in [1.29, 1.82) is 0 Å². The van der Waals surface area contributed by atoms with Gasteiger partial charge in [-0.15, -0.1) is 0 Å². The highest BCUT2D eigenvalue weighted by Crippen LogP contribution is 2.22. The van der Waals surface area contributed by atoms with Crippen molar-refractivity contribution in [2.75, 3.05) is 59.9 Å². The van der Waals surface area contributed by atoms with Crippen LogP contribution in [0.3, 0.4) is 0 Å². The van der Waals surface area contributed by atoms with E-state index in [4.69, 9.17) is 0 Å².